The minimum Gasteiger partial charge on any atom is -0.438 e. The molecule has 0 aromatic rings. The maximum absolute atomic E-state index is 11.1. The lowest BCUT2D eigenvalue weighted by molar-refractivity contribution is -0.0324. The van der Waals surface area contributed by atoms with Crippen molar-refractivity contribution in [2.24, 2.45) is 5.92 Å². The molecular weight excluding hydrogens is 280 g/mol. The summed E-state index contributed by atoms with van der Waals surface area (Å²) in [5, 5.41) is 0. The Kier molecular flexibility index (Phi) is 7.50. The Morgan fingerprint density at radius 1 is 1.05 bits per heavy atom. The SMILES string of the molecule is COC(=O)OC1(CCCCCCC2CCCCCCC2)CO1. The summed E-state index contributed by atoms with van der Waals surface area (Å²) in [4.78, 5) is 11.1. The van der Waals surface area contributed by atoms with E-state index in [1.165, 1.54) is 77.7 Å². The molecule has 1 aliphatic carbocycles. The predicted octanol–water partition coefficient (Wildman–Crippen LogP) is 5.20. The third-order valence-electron chi connectivity index (χ3n) is 5.05. The van der Waals surface area contributed by atoms with Crippen LogP contribution in [0.4, 0.5) is 4.79 Å². The van der Waals surface area contributed by atoms with E-state index < -0.39 is 11.9 Å². The molecule has 128 valence electrons. The van der Waals surface area contributed by atoms with Crippen molar-refractivity contribution in [3.8, 4) is 0 Å². The van der Waals surface area contributed by atoms with E-state index >= 15 is 0 Å². The van der Waals surface area contributed by atoms with Crippen LogP contribution in [0.3, 0.4) is 0 Å². The summed E-state index contributed by atoms with van der Waals surface area (Å²) in [5.41, 5.74) is 0. The van der Waals surface area contributed by atoms with Crippen molar-refractivity contribution in [3.63, 3.8) is 0 Å². The minimum atomic E-state index is -0.660. The molecule has 1 aliphatic heterocycles. The fourth-order valence-corrected chi connectivity index (χ4v) is 3.54. The predicted molar refractivity (Wildman–Crippen MR) is 85.7 cm³/mol. The molecule has 4 heteroatoms. The van der Waals surface area contributed by atoms with E-state index in [2.05, 4.69) is 4.74 Å². The van der Waals surface area contributed by atoms with Crippen LogP contribution < -0.4 is 0 Å². The van der Waals surface area contributed by atoms with E-state index in [0.29, 0.717) is 6.61 Å². The molecule has 0 amide bonds. The Labute approximate surface area is 134 Å². The number of hydrogen-bond donors (Lipinski definition) is 0. The Morgan fingerprint density at radius 2 is 1.68 bits per heavy atom. The quantitative estimate of drug-likeness (QED) is 0.351. The minimum absolute atomic E-state index is 0.518. The van der Waals surface area contributed by atoms with Gasteiger partial charge in [0.2, 0.25) is 5.79 Å². The van der Waals surface area contributed by atoms with Gasteiger partial charge in [0.1, 0.15) is 6.61 Å². The molecule has 2 aliphatic rings. The third-order valence-corrected chi connectivity index (χ3v) is 5.05. The second kappa shape index (κ2) is 9.39. The summed E-state index contributed by atoms with van der Waals surface area (Å²) in [5.74, 6) is 0.313. The van der Waals surface area contributed by atoms with Crippen molar-refractivity contribution in [1.29, 1.82) is 0 Å². The third kappa shape index (κ3) is 6.55. The standard InChI is InChI=1S/C18H32O4/c1-20-17(19)22-18(15-21-18)14-10-6-5-9-13-16-11-7-3-2-4-8-12-16/h16H,2-15H2,1H3. The molecule has 1 saturated heterocycles. The van der Waals surface area contributed by atoms with Gasteiger partial charge in [-0.1, -0.05) is 70.6 Å². The fraction of sp³-hybridized carbons (Fsp3) is 0.944. The molecule has 0 bridgehead atoms. The van der Waals surface area contributed by atoms with Crippen LogP contribution in [0, 0.1) is 5.92 Å². The zero-order valence-electron chi connectivity index (χ0n) is 14.1. The smallest absolute Gasteiger partial charge is 0.438 e. The van der Waals surface area contributed by atoms with Crippen LogP contribution in [-0.2, 0) is 14.2 Å². The van der Waals surface area contributed by atoms with E-state index in [1.54, 1.807) is 0 Å². The molecule has 0 N–H and O–H groups in total. The van der Waals surface area contributed by atoms with Gasteiger partial charge in [-0.05, 0) is 12.3 Å². The Balaban J connectivity index is 1.48. The van der Waals surface area contributed by atoms with E-state index in [-0.39, 0.29) is 0 Å². The van der Waals surface area contributed by atoms with Crippen LogP contribution in [0.5, 0.6) is 0 Å². The van der Waals surface area contributed by atoms with Gasteiger partial charge in [0.05, 0.1) is 7.11 Å². The van der Waals surface area contributed by atoms with Crippen molar-refractivity contribution >= 4 is 6.16 Å². The highest BCUT2D eigenvalue weighted by Gasteiger charge is 2.49. The number of carbonyl (C=O) groups is 1. The van der Waals surface area contributed by atoms with Crippen LogP contribution in [0.15, 0.2) is 0 Å². The summed E-state index contributed by atoms with van der Waals surface area (Å²) >= 11 is 0. The van der Waals surface area contributed by atoms with Crippen LogP contribution in [0.25, 0.3) is 0 Å². The lowest BCUT2D eigenvalue weighted by Crippen LogP contribution is -2.21. The molecule has 1 saturated carbocycles. The molecule has 0 aromatic heterocycles. The van der Waals surface area contributed by atoms with E-state index in [1.807, 2.05) is 0 Å². The summed E-state index contributed by atoms with van der Waals surface area (Å²) in [6, 6.07) is 0. The first-order valence-corrected chi connectivity index (χ1v) is 9.15. The normalized spacial score (nSPS) is 26.0. The second-order valence-corrected chi connectivity index (χ2v) is 6.92. The Hall–Kier alpha value is -0.770. The largest absolute Gasteiger partial charge is 0.510 e. The van der Waals surface area contributed by atoms with Gasteiger partial charge in [0, 0.05) is 6.42 Å². The van der Waals surface area contributed by atoms with Gasteiger partial charge < -0.3 is 14.2 Å². The van der Waals surface area contributed by atoms with Gasteiger partial charge in [-0.25, -0.2) is 4.79 Å². The lowest BCUT2D eigenvalue weighted by Gasteiger charge is -2.19. The molecule has 0 spiro atoms. The molecule has 2 rings (SSSR count). The van der Waals surface area contributed by atoms with Crippen LogP contribution in [0.1, 0.15) is 83.5 Å². The number of unbranched alkanes of at least 4 members (excludes halogenated alkanes) is 3. The summed E-state index contributed by atoms with van der Waals surface area (Å²) < 4.78 is 14.9. The number of carbonyl (C=O) groups excluding carboxylic acids is 1. The van der Waals surface area contributed by atoms with E-state index in [9.17, 15) is 4.79 Å². The summed E-state index contributed by atoms with van der Waals surface area (Å²) in [6.45, 7) is 0.518. The van der Waals surface area contributed by atoms with Gasteiger partial charge >= 0.3 is 6.16 Å². The maximum Gasteiger partial charge on any atom is 0.510 e. The molecule has 0 aromatic carbocycles. The second-order valence-electron chi connectivity index (χ2n) is 6.92. The first kappa shape index (κ1) is 17.6. The number of methoxy groups -OCH3 is 1. The number of epoxide rings is 1. The molecule has 22 heavy (non-hydrogen) atoms. The van der Waals surface area contributed by atoms with E-state index in [4.69, 9.17) is 9.47 Å². The number of hydrogen-bond acceptors (Lipinski definition) is 4. The van der Waals surface area contributed by atoms with Crippen LogP contribution >= 0.6 is 0 Å². The Bertz CT molecular complexity index is 317. The van der Waals surface area contributed by atoms with Crippen molar-refractivity contribution in [3.05, 3.63) is 0 Å². The van der Waals surface area contributed by atoms with Crippen molar-refractivity contribution in [2.75, 3.05) is 13.7 Å². The highest BCUT2D eigenvalue weighted by atomic mass is 16.8. The molecular formula is C18H32O4. The van der Waals surface area contributed by atoms with Gasteiger partial charge in [-0.3, -0.25) is 0 Å². The monoisotopic (exact) mass is 312 g/mol. The average Bonchev–Trinajstić information content (AvgIpc) is 3.24. The molecule has 4 nitrogen and oxygen atoms in total. The highest BCUT2D eigenvalue weighted by molar-refractivity contribution is 5.60. The molecule has 1 unspecified atom stereocenters. The van der Waals surface area contributed by atoms with Crippen molar-refractivity contribution in [1.82, 2.24) is 0 Å². The summed E-state index contributed by atoms with van der Waals surface area (Å²) in [6.07, 6.45) is 16.6. The van der Waals surface area contributed by atoms with Gasteiger partial charge in [0.25, 0.3) is 0 Å². The maximum atomic E-state index is 11.1. The Morgan fingerprint density at radius 3 is 2.32 bits per heavy atom. The topological polar surface area (TPSA) is 48.1 Å². The van der Waals surface area contributed by atoms with Crippen LogP contribution in [-0.4, -0.2) is 25.7 Å². The average molecular weight is 312 g/mol. The first-order chi connectivity index (χ1) is 10.7. The molecule has 2 fully saturated rings. The number of ether oxygens (including phenoxy) is 3. The van der Waals surface area contributed by atoms with Crippen LogP contribution in [0.2, 0.25) is 0 Å². The van der Waals surface area contributed by atoms with E-state index in [0.717, 1.165) is 18.8 Å². The van der Waals surface area contributed by atoms with Gasteiger partial charge in [0.15, 0.2) is 0 Å². The number of rotatable bonds is 8. The van der Waals surface area contributed by atoms with Gasteiger partial charge in [-0.2, -0.15) is 0 Å². The lowest BCUT2D eigenvalue weighted by atomic mass is 9.87. The zero-order chi connectivity index (χ0) is 15.7. The van der Waals surface area contributed by atoms with Crippen molar-refractivity contribution < 1.29 is 19.0 Å². The first-order valence-electron chi connectivity index (χ1n) is 9.15. The molecule has 1 atom stereocenters. The summed E-state index contributed by atoms with van der Waals surface area (Å²) in [7, 11) is 1.33. The molecule has 0 radical (unpaired) electrons. The van der Waals surface area contributed by atoms with Crippen molar-refractivity contribution in [2.45, 2.75) is 89.3 Å². The highest BCUT2D eigenvalue weighted by Crippen LogP contribution is 2.35. The fourth-order valence-electron chi connectivity index (χ4n) is 3.54. The van der Waals surface area contributed by atoms with Gasteiger partial charge in [-0.15, -0.1) is 0 Å². The zero-order valence-corrected chi connectivity index (χ0v) is 14.1. The molecule has 1 heterocycles.